The van der Waals surface area contributed by atoms with Crippen LogP contribution in [0.25, 0.3) is 0 Å². The number of amides is 1. The second kappa shape index (κ2) is 9.25. The molecule has 2 aliphatic rings. The van der Waals surface area contributed by atoms with Gasteiger partial charge in [0.25, 0.3) is 5.56 Å². The van der Waals surface area contributed by atoms with E-state index in [0.29, 0.717) is 24.4 Å². The number of hydrogen-bond donors (Lipinski definition) is 3. The van der Waals surface area contributed by atoms with Gasteiger partial charge < -0.3 is 15.7 Å². The number of aryl methyl sites for hydroxylation is 1. The normalized spacial score (nSPS) is 22.6. The number of nitrogens with one attached hydrogen (secondary N) is 2. The van der Waals surface area contributed by atoms with E-state index in [9.17, 15) is 14.7 Å². The molecule has 0 radical (unpaired) electrons. The summed E-state index contributed by atoms with van der Waals surface area (Å²) in [6.07, 6.45) is 8.30. The van der Waals surface area contributed by atoms with E-state index in [2.05, 4.69) is 20.6 Å². The molecule has 3 aromatic rings. The number of nitrogens with zero attached hydrogens (tertiary/aromatic N) is 3. The van der Waals surface area contributed by atoms with E-state index >= 15 is 0 Å². The van der Waals surface area contributed by atoms with E-state index in [1.165, 1.54) is 16.8 Å². The summed E-state index contributed by atoms with van der Waals surface area (Å²) in [7, 11) is 0. The number of benzene rings is 1. The Labute approximate surface area is 191 Å². The van der Waals surface area contributed by atoms with E-state index in [-0.39, 0.29) is 23.6 Å². The van der Waals surface area contributed by atoms with Gasteiger partial charge in [-0.2, -0.15) is 0 Å². The third-order valence-corrected chi connectivity index (χ3v) is 6.60. The second-order valence-electron chi connectivity index (χ2n) is 8.79. The third kappa shape index (κ3) is 4.58. The lowest BCUT2D eigenvalue weighted by atomic mass is 10.0. The van der Waals surface area contributed by atoms with Gasteiger partial charge in [0, 0.05) is 54.4 Å². The molecular weight excluding hydrogens is 418 g/mol. The lowest BCUT2D eigenvalue weighted by molar-refractivity contribution is -0.119. The molecule has 1 aromatic carbocycles. The molecular formula is C25H27N5O3. The first-order valence-electron chi connectivity index (χ1n) is 11.4. The maximum atomic E-state index is 12.8. The van der Waals surface area contributed by atoms with Crippen molar-refractivity contribution >= 4 is 11.6 Å². The zero-order chi connectivity index (χ0) is 22.8. The molecule has 0 bridgehead atoms. The highest BCUT2D eigenvalue weighted by molar-refractivity contribution is 5.94. The van der Waals surface area contributed by atoms with Gasteiger partial charge in [0.15, 0.2) is 0 Å². The minimum absolute atomic E-state index is 0.0185. The molecule has 4 heterocycles. The predicted molar refractivity (Wildman–Crippen MR) is 124 cm³/mol. The van der Waals surface area contributed by atoms with Gasteiger partial charge in [-0.15, -0.1) is 0 Å². The lowest BCUT2D eigenvalue weighted by Gasteiger charge is -2.20. The third-order valence-electron chi connectivity index (χ3n) is 6.60. The number of aliphatic hydroxyl groups excluding tert-OH is 1. The van der Waals surface area contributed by atoms with E-state index in [1.54, 1.807) is 12.4 Å². The van der Waals surface area contributed by atoms with Crippen molar-refractivity contribution in [2.24, 2.45) is 0 Å². The second-order valence-corrected chi connectivity index (χ2v) is 8.79. The molecule has 8 nitrogen and oxygen atoms in total. The fourth-order valence-electron chi connectivity index (χ4n) is 4.90. The zero-order valence-corrected chi connectivity index (χ0v) is 18.2. The van der Waals surface area contributed by atoms with Crippen LogP contribution in [0.3, 0.4) is 0 Å². The van der Waals surface area contributed by atoms with Crippen molar-refractivity contribution in [3.8, 4) is 0 Å². The standard InChI is InChI=1S/C25H27N5O3/c31-23-11-13-27-22-10-9-21(30(22)23)25(33)29-18-5-3-16(4-6-18)14-19-7-8-20(28-19)24(32)17-2-1-12-26-15-17/h1-6,11-13,15,19-21,24,28,32H,7-10,14H2,(H,29,33)/t19-,20+,21+,24+/m0/s1. The number of aliphatic hydroxyl groups is 1. The number of hydrogen-bond acceptors (Lipinski definition) is 6. The van der Waals surface area contributed by atoms with E-state index in [0.717, 1.165) is 30.4 Å². The molecule has 0 saturated carbocycles. The van der Waals surface area contributed by atoms with Crippen molar-refractivity contribution in [2.45, 2.75) is 56.3 Å². The molecule has 5 rings (SSSR count). The molecule has 0 aliphatic carbocycles. The van der Waals surface area contributed by atoms with Gasteiger partial charge in [-0.25, -0.2) is 4.98 Å². The predicted octanol–water partition coefficient (Wildman–Crippen LogP) is 2.16. The summed E-state index contributed by atoms with van der Waals surface area (Å²) in [4.78, 5) is 33.2. The number of carbonyl (C=O) groups is 1. The molecule has 1 amide bonds. The van der Waals surface area contributed by atoms with Gasteiger partial charge >= 0.3 is 0 Å². The largest absolute Gasteiger partial charge is 0.387 e. The lowest BCUT2D eigenvalue weighted by Crippen LogP contribution is -2.35. The number of anilines is 1. The SMILES string of the molecule is O=C(Nc1ccc(C[C@@H]2CC[C@H]([C@H](O)c3cccnc3)N2)cc1)[C@H]1CCc2nccc(=O)n21. The summed E-state index contributed by atoms with van der Waals surface area (Å²) in [5.41, 5.74) is 2.51. The van der Waals surface area contributed by atoms with Gasteiger partial charge in [0.2, 0.25) is 5.91 Å². The fraction of sp³-hybridized carbons (Fsp3) is 0.360. The van der Waals surface area contributed by atoms with Crippen LogP contribution >= 0.6 is 0 Å². The summed E-state index contributed by atoms with van der Waals surface area (Å²) in [6, 6.07) is 12.7. The molecule has 3 N–H and O–H groups in total. The molecule has 33 heavy (non-hydrogen) atoms. The minimum atomic E-state index is -0.565. The van der Waals surface area contributed by atoms with E-state index in [1.807, 2.05) is 36.4 Å². The molecule has 2 aromatic heterocycles. The molecule has 170 valence electrons. The van der Waals surface area contributed by atoms with Crippen LogP contribution < -0.4 is 16.2 Å². The molecule has 0 spiro atoms. The Hall–Kier alpha value is -3.36. The van der Waals surface area contributed by atoms with Crippen molar-refractivity contribution in [1.82, 2.24) is 19.9 Å². The van der Waals surface area contributed by atoms with Gasteiger partial charge in [0.05, 0.1) is 6.10 Å². The summed E-state index contributed by atoms with van der Waals surface area (Å²) >= 11 is 0. The summed E-state index contributed by atoms with van der Waals surface area (Å²) in [6.45, 7) is 0. The van der Waals surface area contributed by atoms with Crippen molar-refractivity contribution in [3.63, 3.8) is 0 Å². The highest BCUT2D eigenvalue weighted by atomic mass is 16.3. The topological polar surface area (TPSA) is 109 Å². The fourth-order valence-corrected chi connectivity index (χ4v) is 4.90. The summed E-state index contributed by atoms with van der Waals surface area (Å²) in [5, 5.41) is 17.1. The Balaban J connectivity index is 1.17. The monoisotopic (exact) mass is 445 g/mol. The Kier molecular flexibility index (Phi) is 6.02. The Bertz CT molecular complexity index is 1180. The first-order chi connectivity index (χ1) is 16.1. The smallest absolute Gasteiger partial charge is 0.254 e. The average molecular weight is 446 g/mol. The maximum Gasteiger partial charge on any atom is 0.254 e. The minimum Gasteiger partial charge on any atom is -0.387 e. The van der Waals surface area contributed by atoms with Crippen LogP contribution in [-0.4, -0.2) is 37.6 Å². The molecule has 8 heteroatoms. The number of rotatable bonds is 6. The van der Waals surface area contributed by atoms with Crippen molar-refractivity contribution in [1.29, 1.82) is 0 Å². The van der Waals surface area contributed by atoms with Crippen LogP contribution in [0.15, 0.2) is 65.8 Å². The van der Waals surface area contributed by atoms with Crippen LogP contribution in [0.4, 0.5) is 5.69 Å². The summed E-state index contributed by atoms with van der Waals surface area (Å²) in [5.74, 6) is 0.468. The number of fused-ring (bicyclic) bond motifs is 1. The van der Waals surface area contributed by atoms with Crippen molar-refractivity contribution in [2.75, 3.05) is 5.32 Å². The van der Waals surface area contributed by atoms with Crippen LogP contribution in [0.5, 0.6) is 0 Å². The van der Waals surface area contributed by atoms with Gasteiger partial charge in [-0.1, -0.05) is 18.2 Å². The van der Waals surface area contributed by atoms with Crippen molar-refractivity contribution in [3.05, 3.63) is 88.4 Å². The number of aromatic nitrogens is 3. The number of pyridine rings is 1. The Morgan fingerprint density at radius 2 is 2.00 bits per heavy atom. The quantitative estimate of drug-likeness (QED) is 0.537. The van der Waals surface area contributed by atoms with E-state index in [4.69, 9.17) is 0 Å². The van der Waals surface area contributed by atoms with Gasteiger partial charge in [0.1, 0.15) is 11.9 Å². The van der Waals surface area contributed by atoms with Gasteiger partial charge in [-0.3, -0.25) is 19.1 Å². The first-order valence-corrected chi connectivity index (χ1v) is 11.4. The Morgan fingerprint density at radius 1 is 1.15 bits per heavy atom. The summed E-state index contributed by atoms with van der Waals surface area (Å²) < 4.78 is 1.49. The van der Waals surface area contributed by atoms with Crippen LogP contribution in [0.1, 0.15) is 48.4 Å². The van der Waals surface area contributed by atoms with Crippen LogP contribution in [0.2, 0.25) is 0 Å². The van der Waals surface area contributed by atoms with Crippen LogP contribution in [-0.2, 0) is 17.6 Å². The van der Waals surface area contributed by atoms with Crippen LogP contribution in [0, 0.1) is 0 Å². The first kappa shape index (κ1) is 21.5. The average Bonchev–Trinajstić information content (AvgIpc) is 3.49. The number of carbonyl (C=O) groups excluding carboxylic acids is 1. The molecule has 1 fully saturated rings. The molecule has 4 atom stereocenters. The zero-order valence-electron chi connectivity index (χ0n) is 18.2. The highest BCUT2D eigenvalue weighted by Crippen LogP contribution is 2.27. The van der Waals surface area contributed by atoms with Crippen molar-refractivity contribution < 1.29 is 9.90 Å². The van der Waals surface area contributed by atoms with Gasteiger partial charge in [-0.05, 0) is 49.4 Å². The maximum absolute atomic E-state index is 12.8. The van der Waals surface area contributed by atoms with E-state index < -0.39 is 12.1 Å². The molecule has 0 unspecified atom stereocenters. The molecule has 2 aliphatic heterocycles. The molecule has 1 saturated heterocycles. The Morgan fingerprint density at radius 3 is 2.79 bits per heavy atom. The highest BCUT2D eigenvalue weighted by Gasteiger charge is 2.31.